The summed E-state index contributed by atoms with van der Waals surface area (Å²) in [7, 11) is -2.49. The van der Waals surface area contributed by atoms with Gasteiger partial charge in [-0.25, -0.2) is 8.42 Å². The topological polar surface area (TPSA) is 96.0 Å². The Morgan fingerprint density at radius 3 is 2.36 bits per heavy atom. The van der Waals surface area contributed by atoms with Gasteiger partial charge in [0, 0.05) is 36.8 Å². The molecule has 10 heteroatoms. The van der Waals surface area contributed by atoms with E-state index in [1.54, 1.807) is 30.9 Å². The van der Waals surface area contributed by atoms with E-state index in [0.29, 0.717) is 23.7 Å². The van der Waals surface area contributed by atoms with E-state index in [1.165, 1.54) is 35.7 Å². The van der Waals surface area contributed by atoms with Crippen LogP contribution in [0.3, 0.4) is 0 Å². The highest BCUT2D eigenvalue weighted by atomic mass is 35.5. The largest absolute Gasteiger partial charge is 0.495 e. The standard InChI is InChI=1S/C23H28ClN3O5S/c1-4-27(5-2)33(30,31)21-14-16(8-11-20(21)32-3)22(28)25-19-15-17(24)9-10-18(19)23(29)26-12-6-7-13-26/h8-11,14-15H,4-7,12-13H2,1-3H3,(H,25,28). The summed E-state index contributed by atoms with van der Waals surface area (Å²) >= 11 is 6.12. The minimum absolute atomic E-state index is 0.0965. The molecule has 2 aromatic carbocycles. The molecule has 1 N–H and O–H groups in total. The van der Waals surface area contributed by atoms with Gasteiger partial charge in [0.2, 0.25) is 10.0 Å². The van der Waals surface area contributed by atoms with Crippen molar-refractivity contribution in [1.82, 2.24) is 9.21 Å². The molecule has 1 fully saturated rings. The van der Waals surface area contributed by atoms with Crippen molar-refractivity contribution in [1.29, 1.82) is 0 Å². The van der Waals surface area contributed by atoms with Gasteiger partial charge < -0.3 is 15.0 Å². The highest BCUT2D eigenvalue weighted by Crippen LogP contribution is 2.29. The number of benzene rings is 2. The number of carbonyl (C=O) groups is 2. The summed E-state index contributed by atoms with van der Waals surface area (Å²) < 4.78 is 32.7. The zero-order valence-corrected chi connectivity index (χ0v) is 20.5. The first-order chi connectivity index (χ1) is 15.7. The fraction of sp³-hybridized carbons (Fsp3) is 0.391. The van der Waals surface area contributed by atoms with E-state index in [-0.39, 0.29) is 40.9 Å². The molecule has 1 heterocycles. The molecule has 0 atom stereocenters. The highest BCUT2D eigenvalue weighted by molar-refractivity contribution is 7.89. The normalized spacial score (nSPS) is 13.9. The predicted octanol–water partition coefficient (Wildman–Crippen LogP) is 3.87. The fourth-order valence-electron chi connectivity index (χ4n) is 3.81. The van der Waals surface area contributed by atoms with Crippen LogP contribution in [-0.2, 0) is 10.0 Å². The zero-order chi connectivity index (χ0) is 24.2. The maximum Gasteiger partial charge on any atom is 0.255 e. The first kappa shape index (κ1) is 25.0. The van der Waals surface area contributed by atoms with E-state index < -0.39 is 15.9 Å². The Bertz CT molecular complexity index is 1140. The van der Waals surface area contributed by atoms with Gasteiger partial charge in [-0.05, 0) is 49.2 Å². The van der Waals surface area contributed by atoms with Gasteiger partial charge >= 0.3 is 0 Å². The Hall–Kier alpha value is -2.62. The Kier molecular flexibility index (Phi) is 7.99. The van der Waals surface area contributed by atoms with Crippen LogP contribution >= 0.6 is 11.6 Å². The summed E-state index contributed by atoms with van der Waals surface area (Å²) in [6, 6.07) is 8.90. The fourth-order valence-corrected chi connectivity index (χ4v) is 5.63. The van der Waals surface area contributed by atoms with Crippen LogP contribution in [0.4, 0.5) is 5.69 Å². The lowest BCUT2D eigenvalue weighted by Crippen LogP contribution is -2.31. The first-order valence-electron chi connectivity index (χ1n) is 10.8. The minimum atomic E-state index is -3.87. The number of nitrogens with zero attached hydrogens (tertiary/aromatic N) is 2. The number of hydrogen-bond acceptors (Lipinski definition) is 5. The third-order valence-corrected chi connectivity index (χ3v) is 7.91. The Labute approximate surface area is 199 Å². The third-order valence-electron chi connectivity index (χ3n) is 5.60. The number of hydrogen-bond donors (Lipinski definition) is 1. The average molecular weight is 494 g/mol. The molecule has 3 rings (SSSR count). The third kappa shape index (κ3) is 5.31. The van der Waals surface area contributed by atoms with Crippen molar-refractivity contribution >= 4 is 39.1 Å². The SMILES string of the molecule is CCN(CC)S(=O)(=O)c1cc(C(=O)Nc2cc(Cl)ccc2C(=O)N2CCCC2)ccc1OC. The molecule has 1 aliphatic heterocycles. The van der Waals surface area contributed by atoms with Crippen LogP contribution in [0.25, 0.3) is 0 Å². The molecule has 2 amide bonds. The molecule has 0 aliphatic carbocycles. The van der Waals surface area contributed by atoms with E-state index in [2.05, 4.69) is 5.32 Å². The van der Waals surface area contributed by atoms with Crippen molar-refractivity contribution in [2.75, 3.05) is 38.6 Å². The van der Waals surface area contributed by atoms with E-state index in [4.69, 9.17) is 16.3 Å². The van der Waals surface area contributed by atoms with Crippen molar-refractivity contribution in [2.24, 2.45) is 0 Å². The van der Waals surface area contributed by atoms with Gasteiger partial charge in [0.05, 0.1) is 18.4 Å². The Morgan fingerprint density at radius 1 is 1.09 bits per heavy atom. The maximum atomic E-state index is 13.1. The van der Waals surface area contributed by atoms with E-state index in [0.717, 1.165) is 12.8 Å². The molecule has 33 heavy (non-hydrogen) atoms. The number of ether oxygens (including phenoxy) is 1. The molecule has 178 valence electrons. The molecular weight excluding hydrogens is 466 g/mol. The van der Waals surface area contributed by atoms with Gasteiger partial charge in [-0.2, -0.15) is 4.31 Å². The lowest BCUT2D eigenvalue weighted by Gasteiger charge is -2.21. The minimum Gasteiger partial charge on any atom is -0.495 e. The van der Waals surface area contributed by atoms with Gasteiger partial charge in [-0.3, -0.25) is 9.59 Å². The smallest absolute Gasteiger partial charge is 0.255 e. The molecule has 8 nitrogen and oxygen atoms in total. The second-order valence-corrected chi connectivity index (χ2v) is 9.94. The van der Waals surface area contributed by atoms with Crippen LogP contribution in [0.2, 0.25) is 5.02 Å². The Balaban J connectivity index is 1.96. The number of halogens is 1. The number of methoxy groups -OCH3 is 1. The van der Waals surface area contributed by atoms with Gasteiger partial charge in [0.15, 0.2) is 0 Å². The number of sulfonamides is 1. The van der Waals surface area contributed by atoms with Gasteiger partial charge in [0.25, 0.3) is 11.8 Å². The van der Waals surface area contributed by atoms with Crippen molar-refractivity contribution < 1.29 is 22.7 Å². The van der Waals surface area contributed by atoms with Crippen molar-refractivity contribution in [3.05, 3.63) is 52.5 Å². The zero-order valence-electron chi connectivity index (χ0n) is 18.9. The first-order valence-corrected chi connectivity index (χ1v) is 12.6. The number of anilines is 1. The van der Waals surface area contributed by atoms with E-state index >= 15 is 0 Å². The lowest BCUT2D eigenvalue weighted by molar-refractivity contribution is 0.0794. The summed E-state index contributed by atoms with van der Waals surface area (Å²) in [5.41, 5.74) is 0.716. The van der Waals surface area contributed by atoms with Crippen LogP contribution < -0.4 is 10.1 Å². The van der Waals surface area contributed by atoms with Gasteiger partial charge in [-0.1, -0.05) is 25.4 Å². The summed E-state index contributed by atoms with van der Waals surface area (Å²) in [5, 5.41) is 3.09. The van der Waals surface area contributed by atoms with Crippen molar-refractivity contribution in [3.63, 3.8) is 0 Å². The maximum absolute atomic E-state index is 13.1. The molecule has 0 unspecified atom stereocenters. The second-order valence-electron chi connectivity index (χ2n) is 7.60. The van der Waals surface area contributed by atoms with Crippen LogP contribution in [0.1, 0.15) is 47.4 Å². The highest BCUT2D eigenvalue weighted by Gasteiger charge is 2.27. The van der Waals surface area contributed by atoms with E-state index in [9.17, 15) is 18.0 Å². The molecule has 1 aliphatic rings. The van der Waals surface area contributed by atoms with Crippen LogP contribution in [0, 0.1) is 0 Å². The molecule has 0 radical (unpaired) electrons. The molecule has 2 aromatic rings. The number of carbonyl (C=O) groups excluding carboxylic acids is 2. The number of nitrogens with one attached hydrogen (secondary N) is 1. The van der Waals surface area contributed by atoms with Crippen LogP contribution in [0.5, 0.6) is 5.75 Å². The molecule has 0 spiro atoms. The molecule has 0 bridgehead atoms. The summed E-state index contributed by atoms with van der Waals surface area (Å²) in [4.78, 5) is 27.7. The lowest BCUT2D eigenvalue weighted by atomic mass is 10.1. The van der Waals surface area contributed by atoms with Crippen molar-refractivity contribution in [2.45, 2.75) is 31.6 Å². The predicted molar refractivity (Wildman–Crippen MR) is 128 cm³/mol. The van der Waals surface area contributed by atoms with Crippen LogP contribution in [0.15, 0.2) is 41.3 Å². The number of likely N-dealkylation sites (tertiary alicyclic amines) is 1. The quantitative estimate of drug-likeness (QED) is 0.602. The van der Waals surface area contributed by atoms with Crippen LogP contribution in [-0.4, -0.2) is 62.7 Å². The van der Waals surface area contributed by atoms with E-state index in [1.807, 2.05) is 0 Å². The van der Waals surface area contributed by atoms with Gasteiger partial charge in [0.1, 0.15) is 10.6 Å². The molecule has 0 saturated carbocycles. The van der Waals surface area contributed by atoms with Crippen molar-refractivity contribution in [3.8, 4) is 5.75 Å². The number of amides is 2. The molecular formula is C23H28ClN3O5S. The summed E-state index contributed by atoms with van der Waals surface area (Å²) in [5.74, 6) is -0.600. The average Bonchev–Trinajstić information content (AvgIpc) is 3.34. The molecule has 1 saturated heterocycles. The second kappa shape index (κ2) is 10.5. The number of rotatable bonds is 8. The monoisotopic (exact) mass is 493 g/mol. The summed E-state index contributed by atoms with van der Waals surface area (Å²) in [6.07, 6.45) is 1.88. The summed E-state index contributed by atoms with van der Waals surface area (Å²) in [6.45, 7) is 5.37. The Morgan fingerprint density at radius 2 is 1.76 bits per heavy atom. The molecule has 0 aromatic heterocycles. The van der Waals surface area contributed by atoms with Gasteiger partial charge in [-0.15, -0.1) is 0 Å².